The average molecular weight is 264 g/mol. The standard InChI is InChI=1S/C13H16N2O4/c1-19-11(16)9-4-7-14-10(8-9)15-13(12(17)18)5-2-3-6-13/h4,7-8H,2-3,5-6H2,1H3,(H,14,15)(H,17,18). The van der Waals surface area contributed by atoms with E-state index in [-0.39, 0.29) is 0 Å². The highest BCUT2D eigenvalue weighted by molar-refractivity contribution is 5.90. The second-order valence-corrected chi connectivity index (χ2v) is 4.64. The number of carboxylic acid groups (broad SMARTS) is 1. The lowest BCUT2D eigenvalue weighted by Crippen LogP contribution is -2.43. The number of nitrogens with one attached hydrogen (secondary N) is 1. The van der Waals surface area contributed by atoms with Crippen LogP contribution in [0.4, 0.5) is 5.82 Å². The molecule has 0 saturated heterocycles. The number of hydrogen-bond donors (Lipinski definition) is 2. The van der Waals surface area contributed by atoms with E-state index in [1.807, 2.05) is 0 Å². The Balaban J connectivity index is 2.23. The summed E-state index contributed by atoms with van der Waals surface area (Å²) in [6.07, 6.45) is 4.32. The first kappa shape index (κ1) is 13.3. The fraction of sp³-hybridized carbons (Fsp3) is 0.462. The number of aliphatic carboxylic acids is 1. The third kappa shape index (κ3) is 2.67. The third-order valence-electron chi connectivity index (χ3n) is 3.41. The molecule has 1 aromatic rings. The molecule has 2 N–H and O–H groups in total. The zero-order valence-corrected chi connectivity index (χ0v) is 10.7. The van der Waals surface area contributed by atoms with Crippen molar-refractivity contribution in [3.63, 3.8) is 0 Å². The van der Waals surface area contributed by atoms with Crippen LogP contribution in [0.25, 0.3) is 0 Å². The Morgan fingerprint density at radius 2 is 2.11 bits per heavy atom. The van der Waals surface area contributed by atoms with Crippen LogP contribution in [0.15, 0.2) is 18.3 Å². The minimum absolute atomic E-state index is 0.346. The van der Waals surface area contributed by atoms with Gasteiger partial charge in [0.1, 0.15) is 11.4 Å². The number of nitrogens with zero attached hydrogens (tertiary/aromatic N) is 1. The highest BCUT2D eigenvalue weighted by Gasteiger charge is 2.41. The average Bonchev–Trinajstić information content (AvgIpc) is 2.88. The molecule has 0 atom stereocenters. The lowest BCUT2D eigenvalue weighted by Gasteiger charge is -2.26. The lowest BCUT2D eigenvalue weighted by molar-refractivity contribution is -0.142. The van der Waals surface area contributed by atoms with Crippen LogP contribution in [0, 0.1) is 0 Å². The van der Waals surface area contributed by atoms with Gasteiger partial charge in [-0.1, -0.05) is 12.8 Å². The second-order valence-electron chi connectivity index (χ2n) is 4.64. The maximum Gasteiger partial charge on any atom is 0.338 e. The molecule has 6 nitrogen and oxygen atoms in total. The molecule has 1 saturated carbocycles. The van der Waals surface area contributed by atoms with Gasteiger partial charge >= 0.3 is 11.9 Å². The molecular weight excluding hydrogens is 248 g/mol. The number of hydrogen-bond acceptors (Lipinski definition) is 5. The molecule has 0 aliphatic heterocycles. The van der Waals surface area contributed by atoms with Gasteiger partial charge in [-0.2, -0.15) is 0 Å². The van der Waals surface area contributed by atoms with Crippen molar-refractivity contribution < 1.29 is 19.4 Å². The molecular formula is C13H16N2O4. The van der Waals surface area contributed by atoms with Crippen LogP contribution in [-0.2, 0) is 9.53 Å². The lowest BCUT2D eigenvalue weighted by atomic mass is 9.98. The fourth-order valence-corrected chi connectivity index (χ4v) is 2.36. The van der Waals surface area contributed by atoms with E-state index in [9.17, 15) is 14.7 Å². The van der Waals surface area contributed by atoms with Crippen molar-refractivity contribution in [3.8, 4) is 0 Å². The maximum absolute atomic E-state index is 11.4. The zero-order valence-electron chi connectivity index (χ0n) is 10.7. The molecule has 1 fully saturated rings. The quantitative estimate of drug-likeness (QED) is 0.804. The van der Waals surface area contributed by atoms with Gasteiger partial charge in [-0.15, -0.1) is 0 Å². The molecule has 6 heteroatoms. The molecule has 0 aromatic carbocycles. The van der Waals surface area contributed by atoms with Crippen molar-refractivity contribution >= 4 is 17.8 Å². The van der Waals surface area contributed by atoms with Crippen LogP contribution < -0.4 is 5.32 Å². The Kier molecular flexibility index (Phi) is 3.69. The van der Waals surface area contributed by atoms with E-state index >= 15 is 0 Å². The fourth-order valence-electron chi connectivity index (χ4n) is 2.36. The van der Waals surface area contributed by atoms with Crippen molar-refractivity contribution in [3.05, 3.63) is 23.9 Å². The molecule has 0 bridgehead atoms. The SMILES string of the molecule is COC(=O)c1ccnc(NC2(C(=O)O)CCCC2)c1. The Morgan fingerprint density at radius 3 is 2.68 bits per heavy atom. The van der Waals surface area contributed by atoms with Gasteiger partial charge in [0, 0.05) is 6.20 Å². The van der Waals surface area contributed by atoms with Gasteiger partial charge in [0.25, 0.3) is 0 Å². The molecule has 1 aliphatic rings. The van der Waals surface area contributed by atoms with Crippen LogP contribution in [0.2, 0.25) is 0 Å². The van der Waals surface area contributed by atoms with Crippen molar-refractivity contribution in [2.75, 3.05) is 12.4 Å². The number of methoxy groups -OCH3 is 1. The van der Waals surface area contributed by atoms with E-state index in [4.69, 9.17) is 0 Å². The second kappa shape index (κ2) is 5.26. The molecule has 0 unspecified atom stereocenters. The predicted octanol–water partition coefficient (Wildman–Crippen LogP) is 1.68. The molecule has 19 heavy (non-hydrogen) atoms. The summed E-state index contributed by atoms with van der Waals surface area (Å²) in [6.45, 7) is 0. The van der Waals surface area contributed by atoms with Gasteiger partial charge in [-0.05, 0) is 25.0 Å². The van der Waals surface area contributed by atoms with E-state index in [2.05, 4.69) is 15.0 Å². The normalized spacial score (nSPS) is 16.9. The third-order valence-corrected chi connectivity index (χ3v) is 3.41. The Morgan fingerprint density at radius 1 is 1.42 bits per heavy atom. The van der Waals surface area contributed by atoms with Gasteiger partial charge in [0.15, 0.2) is 0 Å². The Bertz CT molecular complexity index is 495. The summed E-state index contributed by atoms with van der Waals surface area (Å²) in [7, 11) is 1.30. The van der Waals surface area contributed by atoms with Crippen molar-refractivity contribution in [1.29, 1.82) is 0 Å². The predicted molar refractivity (Wildman–Crippen MR) is 68.0 cm³/mol. The first-order valence-electron chi connectivity index (χ1n) is 6.13. The Labute approximate surface area is 110 Å². The summed E-state index contributed by atoms with van der Waals surface area (Å²) < 4.78 is 4.62. The topological polar surface area (TPSA) is 88.5 Å². The van der Waals surface area contributed by atoms with Crippen molar-refractivity contribution in [1.82, 2.24) is 4.98 Å². The van der Waals surface area contributed by atoms with Crippen LogP contribution in [0.3, 0.4) is 0 Å². The van der Waals surface area contributed by atoms with E-state index < -0.39 is 17.5 Å². The van der Waals surface area contributed by atoms with Gasteiger partial charge in [-0.25, -0.2) is 14.6 Å². The molecule has 0 spiro atoms. The molecule has 1 heterocycles. The minimum atomic E-state index is -0.970. The van der Waals surface area contributed by atoms with E-state index in [0.29, 0.717) is 24.2 Å². The summed E-state index contributed by atoms with van der Waals surface area (Å²) in [5.74, 6) is -0.969. The number of aromatic nitrogens is 1. The monoisotopic (exact) mass is 264 g/mol. The molecule has 1 aliphatic carbocycles. The summed E-state index contributed by atoms with van der Waals surface area (Å²) >= 11 is 0. The number of pyridine rings is 1. The number of anilines is 1. The largest absolute Gasteiger partial charge is 0.480 e. The highest BCUT2D eigenvalue weighted by atomic mass is 16.5. The van der Waals surface area contributed by atoms with Crippen LogP contribution in [0.5, 0.6) is 0 Å². The molecule has 0 amide bonds. The summed E-state index contributed by atoms with van der Waals surface area (Å²) in [5, 5.41) is 12.3. The molecule has 2 rings (SSSR count). The van der Waals surface area contributed by atoms with Crippen LogP contribution in [0.1, 0.15) is 36.0 Å². The number of carbonyl (C=O) groups is 2. The summed E-state index contributed by atoms with van der Waals surface area (Å²) in [4.78, 5) is 26.9. The number of carbonyl (C=O) groups excluding carboxylic acids is 1. The van der Waals surface area contributed by atoms with Gasteiger partial charge < -0.3 is 15.2 Å². The molecule has 102 valence electrons. The van der Waals surface area contributed by atoms with Gasteiger partial charge in [0.2, 0.25) is 0 Å². The number of esters is 1. The van der Waals surface area contributed by atoms with Crippen molar-refractivity contribution in [2.24, 2.45) is 0 Å². The summed E-state index contributed by atoms with van der Waals surface area (Å²) in [6, 6.07) is 3.04. The summed E-state index contributed by atoms with van der Waals surface area (Å²) in [5.41, 5.74) is -0.625. The number of carboxylic acids is 1. The molecule has 0 radical (unpaired) electrons. The van der Waals surface area contributed by atoms with Gasteiger partial charge in [-0.3, -0.25) is 0 Å². The van der Waals surface area contributed by atoms with Crippen LogP contribution >= 0.6 is 0 Å². The first-order chi connectivity index (χ1) is 9.07. The smallest absolute Gasteiger partial charge is 0.338 e. The number of rotatable bonds is 4. The van der Waals surface area contributed by atoms with E-state index in [1.54, 1.807) is 0 Å². The van der Waals surface area contributed by atoms with E-state index in [1.165, 1.54) is 25.4 Å². The maximum atomic E-state index is 11.4. The number of ether oxygens (including phenoxy) is 1. The van der Waals surface area contributed by atoms with Gasteiger partial charge in [0.05, 0.1) is 12.7 Å². The zero-order chi connectivity index (χ0) is 13.9. The van der Waals surface area contributed by atoms with E-state index in [0.717, 1.165) is 12.8 Å². The van der Waals surface area contributed by atoms with Crippen molar-refractivity contribution in [2.45, 2.75) is 31.2 Å². The minimum Gasteiger partial charge on any atom is -0.480 e. The highest BCUT2D eigenvalue weighted by Crippen LogP contribution is 2.33. The first-order valence-corrected chi connectivity index (χ1v) is 6.13. The Hall–Kier alpha value is -2.11. The van der Waals surface area contributed by atoms with Crippen LogP contribution in [-0.4, -0.2) is 34.7 Å². The molecule has 1 aromatic heterocycles.